The molecule has 1 aliphatic carbocycles. The molecule has 1 saturated carbocycles. The van der Waals surface area contributed by atoms with Gasteiger partial charge in [0.25, 0.3) is 0 Å². The van der Waals surface area contributed by atoms with Gasteiger partial charge in [-0.3, -0.25) is 10.1 Å². The Balaban J connectivity index is 1.95. The van der Waals surface area contributed by atoms with E-state index in [1.165, 1.54) is 25.7 Å². The minimum absolute atomic E-state index is 0.0535. The topological polar surface area (TPSA) is 35.6 Å². The zero-order valence-corrected chi connectivity index (χ0v) is 12.3. The minimum Gasteiger partial charge on any atom is -0.337 e. The van der Waals surface area contributed by atoms with E-state index in [0.717, 1.165) is 24.7 Å². The number of hydrogen-bond donors (Lipinski definition) is 1. The summed E-state index contributed by atoms with van der Waals surface area (Å²) in [6.07, 6.45) is 4.95. The summed E-state index contributed by atoms with van der Waals surface area (Å²) in [6.45, 7) is 1.83. The van der Waals surface area contributed by atoms with Crippen LogP contribution in [0.25, 0.3) is 0 Å². The van der Waals surface area contributed by atoms with E-state index in [1.54, 1.807) is 0 Å². The van der Waals surface area contributed by atoms with Crippen molar-refractivity contribution in [2.24, 2.45) is 0 Å². The predicted molar refractivity (Wildman–Crippen MR) is 76.8 cm³/mol. The highest BCUT2D eigenvalue weighted by atomic mass is 32.2. The molecule has 18 heavy (non-hydrogen) atoms. The zero-order chi connectivity index (χ0) is 13.0. The standard InChI is InChI=1S/C13H25N3OS/c1-15(2)7-8-16(11-5-3-4-6-11)13(17)12-9-18-10-14-12/h11-12,14H,3-10H2,1-2H3. The molecule has 2 aliphatic rings. The van der Waals surface area contributed by atoms with Crippen molar-refractivity contribution in [3.05, 3.63) is 0 Å². The maximum Gasteiger partial charge on any atom is 0.240 e. The van der Waals surface area contributed by atoms with Crippen molar-refractivity contribution >= 4 is 17.7 Å². The number of hydrogen-bond acceptors (Lipinski definition) is 4. The molecule has 1 N–H and O–H groups in total. The fourth-order valence-electron chi connectivity index (χ4n) is 2.75. The van der Waals surface area contributed by atoms with Gasteiger partial charge in [-0.15, -0.1) is 11.8 Å². The van der Waals surface area contributed by atoms with E-state index in [1.807, 2.05) is 11.8 Å². The first-order valence-corrected chi connectivity index (χ1v) is 8.10. The molecule has 0 radical (unpaired) electrons. The lowest BCUT2D eigenvalue weighted by molar-refractivity contribution is -0.135. The number of carbonyl (C=O) groups excluding carboxylic acids is 1. The zero-order valence-electron chi connectivity index (χ0n) is 11.5. The lowest BCUT2D eigenvalue weighted by Crippen LogP contribution is -2.50. The molecular weight excluding hydrogens is 246 g/mol. The Morgan fingerprint density at radius 1 is 1.28 bits per heavy atom. The molecule has 0 aromatic rings. The summed E-state index contributed by atoms with van der Waals surface area (Å²) < 4.78 is 0. The molecule has 0 bridgehead atoms. The summed E-state index contributed by atoms with van der Waals surface area (Å²) in [4.78, 5) is 16.9. The molecule has 2 fully saturated rings. The lowest BCUT2D eigenvalue weighted by Gasteiger charge is -2.32. The predicted octanol–water partition coefficient (Wildman–Crippen LogP) is 0.982. The third kappa shape index (κ3) is 3.62. The highest BCUT2D eigenvalue weighted by Gasteiger charge is 2.32. The third-order valence-corrected chi connectivity index (χ3v) is 4.79. The average Bonchev–Trinajstić information content (AvgIpc) is 3.01. The molecule has 0 aromatic carbocycles. The Labute approximate surface area is 114 Å². The number of carbonyl (C=O) groups is 1. The van der Waals surface area contributed by atoms with E-state index in [-0.39, 0.29) is 6.04 Å². The minimum atomic E-state index is 0.0535. The van der Waals surface area contributed by atoms with E-state index in [0.29, 0.717) is 11.9 Å². The Hall–Kier alpha value is -0.260. The van der Waals surface area contributed by atoms with Gasteiger partial charge in [-0.1, -0.05) is 12.8 Å². The molecule has 1 amide bonds. The van der Waals surface area contributed by atoms with Gasteiger partial charge in [0.15, 0.2) is 0 Å². The van der Waals surface area contributed by atoms with Gasteiger partial charge in [-0.2, -0.15) is 0 Å². The van der Waals surface area contributed by atoms with E-state index in [4.69, 9.17) is 0 Å². The Bertz CT molecular complexity index is 273. The molecule has 1 aliphatic heterocycles. The molecule has 4 nitrogen and oxygen atoms in total. The van der Waals surface area contributed by atoms with E-state index in [9.17, 15) is 4.79 Å². The first-order chi connectivity index (χ1) is 8.68. The number of likely N-dealkylation sites (N-methyl/N-ethyl adjacent to an activating group) is 1. The number of rotatable bonds is 5. The van der Waals surface area contributed by atoms with Crippen LogP contribution in [0.15, 0.2) is 0 Å². The number of nitrogens with one attached hydrogen (secondary N) is 1. The Morgan fingerprint density at radius 2 is 2.00 bits per heavy atom. The van der Waals surface area contributed by atoms with Crippen LogP contribution in [0.5, 0.6) is 0 Å². The highest BCUT2D eigenvalue weighted by molar-refractivity contribution is 7.99. The first kappa shape index (κ1) is 14.2. The van der Waals surface area contributed by atoms with Crippen LogP contribution in [-0.4, -0.2) is 66.6 Å². The van der Waals surface area contributed by atoms with Crippen molar-refractivity contribution in [3.63, 3.8) is 0 Å². The van der Waals surface area contributed by atoms with Crippen LogP contribution in [-0.2, 0) is 4.79 Å². The maximum atomic E-state index is 12.6. The van der Waals surface area contributed by atoms with Crippen molar-refractivity contribution in [2.45, 2.75) is 37.8 Å². The van der Waals surface area contributed by atoms with Gasteiger partial charge < -0.3 is 9.80 Å². The molecular formula is C13H25N3OS. The molecule has 1 heterocycles. The van der Waals surface area contributed by atoms with Crippen LogP contribution in [0.3, 0.4) is 0 Å². The van der Waals surface area contributed by atoms with E-state index in [2.05, 4.69) is 29.2 Å². The van der Waals surface area contributed by atoms with Crippen molar-refractivity contribution < 1.29 is 4.79 Å². The van der Waals surface area contributed by atoms with E-state index < -0.39 is 0 Å². The molecule has 0 spiro atoms. The normalized spacial score (nSPS) is 24.9. The summed E-state index contributed by atoms with van der Waals surface area (Å²) in [5.41, 5.74) is 0. The average molecular weight is 271 g/mol. The second kappa shape index (κ2) is 6.78. The van der Waals surface area contributed by atoms with Gasteiger partial charge in [0, 0.05) is 30.8 Å². The summed E-state index contributed by atoms with van der Waals surface area (Å²) in [5.74, 6) is 2.18. The Kier molecular flexibility index (Phi) is 5.33. The van der Waals surface area contributed by atoms with Crippen molar-refractivity contribution in [2.75, 3.05) is 38.8 Å². The van der Waals surface area contributed by atoms with Crippen LogP contribution >= 0.6 is 11.8 Å². The van der Waals surface area contributed by atoms with Crippen LogP contribution in [0.1, 0.15) is 25.7 Å². The van der Waals surface area contributed by atoms with Gasteiger partial charge >= 0.3 is 0 Å². The summed E-state index contributed by atoms with van der Waals surface area (Å²) in [6, 6.07) is 0.544. The second-order valence-electron chi connectivity index (χ2n) is 5.55. The van der Waals surface area contributed by atoms with Gasteiger partial charge in [-0.25, -0.2) is 0 Å². The first-order valence-electron chi connectivity index (χ1n) is 6.95. The summed E-state index contributed by atoms with van der Waals surface area (Å²) in [5, 5.41) is 3.31. The summed E-state index contributed by atoms with van der Waals surface area (Å²) in [7, 11) is 4.14. The van der Waals surface area contributed by atoms with Gasteiger partial charge in [-0.05, 0) is 26.9 Å². The third-order valence-electron chi connectivity index (χ3n) is 3.85. The second-order valence-corrected chi connectivity index (χ2v) is 6.58. The van der Waals surface area contributed by atoms with Crippen molar-refractivity contribution in [1.82, 2.24) is 15.1 Å². The lowest BCUT2D eigenvalue weighted by atomic mass is 10.1. The molecule has 2 rings (SSSR count). The summed E-state index contributed by atoms with van der Waals surface area (Å²) >= 11 is 1.83. The van der Waals surface area contributed by atoms with E-state index >= 15 is 0 Å². The van der Waals surface area contributed by atoms with Crippen molar-refractivity contribution in [3.8, 4) is 0 Å². The van der Waals surface area contributed by atoms with Crippen LogP contribution in [0, 0.1) is 0 Å². The monoisotopic (exact) mass is 271 g/mol. The maximum absolute atomic E-state index is 12.6. The largest absolute Gasteiger partial charge is 0.337 e. The Morgan fingerprint density at radius 3 is 2.56 bits per heavy atom. The quantitative estimate of drug-likeness (QED) is 0.808. The molecule has 0 aromatic heterocycles. The van der Waals surface area contributed by atoms with Crippen molar-refractivity contribution in [1.29, 1.82) is 0 Å². The smallest absolute Gasteiger partial charge is 0.240 e. The molecule has 1 atom stereocenters. The number of thioether (sulfide) groups is 1. The highest BCUT2D eigenvalue weighted by Crippen LogP contribution is 2.25. The SMILES string of the molecule is CN(C)CCN(C(=O)C1CSCN1)C1CCCC1. The molecule has 1 saturated heterocycles. The molecule has 104 valence electrons. The fraction of sp³-hybridized carbons (Fsp3) is 0.923. The van der Waals surface area contributed by atoms with Crippen LogP contribution in [0.4, 0.5) is 0 Å². The molecule has 1 unspecified atom stereocenters. The van der Waals surface area contributed by atoms with Gasteiger partial charge in [0.05, 0.1) is 6.04 Å². The molecule has 5 heteroatoms. The van der Waals surface area contributed by atoms with Crippen LogP contribution in [0.2, 0.25) is 0 Å². The fourth-order valence-corrected chi connectivity index (χ4v) is 3.68. The van der Waals surface area contributed by atoms with Gasteiger partial charge in [0.1, 0.15) is 0 Å². The number of nitrogens with zero attached hydrogens (tertiary/aromatic N) is 2. The van der Waals surface area contributed by atoms with Crippen LogP contribution < -0.4 is 5.32 Å². The number of amides is 1. The van der Waals surface area contributed by atoms with Gasteiger partial charge in [0.2, 0.25) is 5.91 Å².